The van der Waals surface area contributed by atoms with Gasteiger partial charge in [-0.1, -0.05) is 42.5 Å². The molecule has 4 nitrogen and oxygen atoms in total. The van der Waals surface area contributed by atoms with Crippen LogP contribution in [0.1, 0.15) is 17.2 Å². The maximum Gasteiger partial charge on any atom is 0.244 e. The third-order valence-corrected chi connectivity index (χ3v) is 3.44. The maximum absolute atomic E-state index is 11.9. The van der Waals surface area contributed by atoms with Crippen molar-refractivity contribution in [2.24, 2.45) is 0 Å². The summed E-state index contributed by atoms with van der Waals surface area (Å²) >= 11 is 0. The Morgan fingerprint density at radius 3 is 2.61 bits per heavy atom. The van der Waals surface area contributed by atoms with Gasteiger partial charge in [0.2, 0.25) is 5.91 Å². The van der Waals surface area contributed by atoms with Crippen molar-refractivity contribution in [3.05, 3.63) is 71.8 Å². The molecule has 1 atom stereocenters. The summed E-state index contributed by atoms with van der Waals surface area (Å²) < 4.78 is 10.7. The van der Waals surface area contributed by atoms with Crippen molar-refractivity contribution < 1.29 is 14.3 Å². The molecule has 2 rings (SSSR count). The lowest BCUT2D eigenvalue weighted by atomic mass is 10.1. The lowest BCUT2D eigenvalue weighted by molar-refractivity contribution is -0.117. The lowest BCUT2D eigenvalue weighted by Gasteiger charge is -2.16. The van der Waals surface area contributed by atoms with Gasteiger partial charge in [-0.15, -0.1) is 0 Å². The second kappa shape index (κ2) is 8.76. The van der Waals surface area contributed by atoms with E-state index in [0.717, 1.165) is 16.9 Å². The third-order valence-electron chi connectivity index (χ3n) is 3.44. The molecular weight excluding hydrogens is 290 g/mol. The molecular formula is C19H21NO3. The first-order chi connectivity index (χ1) is 11.2. The largest absolute Gasteiger partial charge is 0.497 e. The molecule has 0 radical (unpaired) electrons. The summed E-state index contributed by atoms with van der Waals surface area (Å²) in [4.78, 5) is 11.9. The number of nitrogens with one attached hydrogen (secondary N) is 1. The van der Waals surface area contributed by atoms with Crippen molar-refractivity contribution in [2.45, 2.75) is 6.10 Å². The Labute approximate surface area is 136 Å². The number of carbonyl (C=O) groups is 1. The Morgan fingerprint density at radius 1 is 1.13 bits per heavy atom. The summed E-state index contributed by atoms with van der Waals surface area (Å²) in [6.07, 6.45) is 3.08. The van der Waals surface area contributed by atoms with Crippen molar-refractivity contribution in [3.63, 3.8) is 0 Å². The van der Waals surface area contributed by atoms with E-state index in [2.05, 4.69) is 5.32 Å². The molecule has 23 heavy (non-hydrogen) atoms. The summed E-state index contributed by atoms with van der Waals surface area (Å²) in [6.45, 7) is 0.391. The van der Waals surface area contributed by atoms with E-state index in [1.165, 1.54) is 6.08 Å². The van der Waals surface area contributed by atoms with Crippen molar-refractivity contribution in [2.75, 3.05) is 20.8 Å². The molecule has 0 aromatic heterocycles. The molecule has 1 N–H and O–H groups in total. The Bertz CT molecular complexity index is 653. The molecule has 2 aromatic rings. The minimum absolute atomic E-state index is 0.154. The van der Waals surface area contributed by atoms with E-state index >= 15 is 0 Å². The molecule has 2 aromatic carbocycles. The Morgan fingerprint density at radius 2 is 1.91 bits per heavy atom. The van der Waals surface area contributed by atoms with Crippen LogP contribution in [0.5, 0.6) is 5.75 Å². The number of rotatable bonds is 7. The van der Waals surface area contributed by atoms with Crippen LogP contribution in [-0.2, 0) is 9.53 Å². The van der Waals surface area contributed by atoms with Gasteiger partial charge < -0.3 is 14.8 Å². The first-order valence-corrected chi connectivity index (χ1v) is 7.40. The second-order valence-corrected chi connectivity index (χ2v) is 4.99. The number of benzene rings is 2. The molecule has 0 heterocycles. The van der Waals surface area contributed by atoms with Crippen LogP contribution >= 0.6 is 0 Å². The molecule has 0 aliphatic heterocycles. The quantitative estimate of drug-likeness (QED) is 0.799. The Balaban J connectivity index is 1.92. The molecule has 4 heteroatoms. The zero-order valence-electron chi connectivity index (χ0n) is 13.4. The normalized spacial score (nSPS) is 12.1. The van der Waals surface area contributed by atoms with Gasteiger partial charge in [0.25, 0.3) is 0 Å². The molecule has 0 aliphatic rings. The van der Waals surface area contributed by atoms with Crippen molar-refractivity contribution in [1.29, 1.82) is 0 Å². The highest BCUT2D eigenvalue weighted by molar-refractivity contribution is 5.91. The molecule has 0 spiro atoms. The number of carbonyl (C=O) groups excluding carboxylic acids is 1. The second-order valence-electron chi connectivity index (χ2n) is 4.99. The fourth-order valence-electron chi connectivity index (χ4n) is 2.17. The van der Waals surface area contributed by atoms with Crippen LogP contribution in [0.25, 0.3) is 6.08 Å². The molecule has 1 amide bonds. The van der Waals surface area contributed by atoms with E-state index in [1.54, 1.807) is 20.3 Å². The minimum Gasteiger partial charge on any atom is -0.497 e. The Kier molecular flexibility index (Phi) is 6.39. The predicted octanol–water partition coefficient (Wildman–Crippen LogP) is 3.21. The van der Waals surface area contributed by atoms with Gasteiger partial charge in [-0.2, -0.15) is 0 Å². The molecule has 0 unspecified atom stereocenters. The fourth-order valence-corrected chi connectivity index (χ4v) is 2.17. The third kappa shape index (κ3) is 5.27. The average Bonchev–Trinajstić information content (AvgIpc) is 2.61. The van der Waals surface area contributed by atoms with Gasteiger partial charge in [0, 0.05) is 19.7 Å². The van der Waals surface area contributed by atoms with Gasteiger partial charge in [-0.05, 0) is 29.3 Å². The zero-order chi connectivity index (χ0) is 16.5. The highest BCUT2D eigenvalue weighted by Crippen LogP contribution is 2.20. The summed E-state index contributed by atoms with van der Waals surface area (Å²) in [6, 6.07) is 17.3. The molecule has 0 saturated carbocycles. The first-order valence-electron chi connectivity index (χ1n) is 7.40. The molecule has 120 valence electrons. The molecule has 0 aliphatic carbocycles. The van der Waals surface area contributed by atoms with E-state index in [4.69, 9.17) is 9.47 Å². The number of ether oxygens (including phenoxy) is 2. The SMILES string of the molecule is COc1cccc([C@H](CNC(=O)/C=C/c2ccccc2)OC)c1. The summed E-state index contributed by atoms with van der Waals surface area (Å²) in [7, 11) is 3.24. The number of hydrogen-bond donors (Lipinski definition) is 1. The van der Waals surface area contributed by atoms with Gasteiger partial charge in [0.1, 0.15) is 5.75 Å². The van der Waals surface area contributed by atoms with E-state index in [9.17, 15) is 4.79 Å². The topological polar surface area (TPSA) is 47.6 Å². The van der Waals surface area contributed by atoms with Gasteiger partial charge in [0.15, 0.2) is 0 Å². The lowest BCUT2D eigenvalue weighted by Crippen LogP contribution is -2.27. The van der Waals surface area contributed by atoms with E-state index < -0.39 is 0 Å². The van der Waals surface area contributed by atoms with Crippen LogP contribution in [-0.4, -0.2) is 26.7 Å². The Hall–Kier alpha value is -2.59. The molecule has 0 bridgehead atoms. The summed E-state index contributed by atoms with van der Waals surface area (Å²) in [5, 5.41) is 2.85. The number of amides is 1. The van der Waals surface area contributed by atoms with E-state index in [0.29, 0.717) is 6.54 Å². The summed E-state index contributed by atoms with van der Waals surface area (Å²) in [5.41, 5.74) is 1.94. The zero-order valence-corrected chi connectivity index (χ0v) is 13.4. The van der Waals surface area contributed by atoms with Gasteiger partial charge >= 0.3 is 0 Å². The van der Waals surface area contributed by atoms with E-state index in [1.807, 2.05) is 54.6 Å². The van der Waals surface area contributed by atoms with Crippen LogP contribution in [0, 0.1) is 0 Å². The number of methoxy groups -OCH3 is 2. The minimum atomic E-state index is -0.223. The van der Waals surface area contributed by atoms with Crippen molar-refractivity contribution in [3.8, 4) is 5.75 Å². The highest BCUT2D eigenvalue weighted by atomic mass is 16.5. The van der Waals surface area contributed by atoms with Crippen LogP contribution in [0.15, 0.2) is 60.7 Å². The monoisotopic (exact) mass is 311 g/mol. The fraction of sp³-hybridized carbons (Fsp3) is 0.211. The highest BCUT2D eigenvalue weighted by Gasteiger charge is 2.12. The molecule has 0 saturated heterocycles. The van der Waals surface area contributed by atoms with Gasteiger partial charge in [0.05, 0.1) is 13.2 Å². The first kappa shape index (κ1) is 16.8. The van der Waals surface area contributed by atoms with E-state index in [-0.39, 0.29) is 12.0 Å². The standard InChI is InChI=1S/C19H21NO3/c1-22-17-10-6-9-16(13-17)18(23-2)14-20-19(21)12-11-15-7-4-3-5-8-15/h3-13,18H,14H2,1-2H3,(H,20,21)/b12-11+/t18-/m0/s1. The maximum atomic E-state index is 11.9. The van der Waals surface area contributed by atoms with Crippen molar-refractivity contribution in [1.82, 2.24) is 5.32 Å². The smallest absolute Gasteiger partial charge is 0.244 e. The van der Waals surface area contributed by atoms with Crippen LogP contribution in [0.3, 0.4) is 0 Å². The average molecular weight is 311 g/mol. The van der Waals surface area contributed by atoms with Crippen LogP contribution in [0.4, 0.5) is 0 Å². The molecule has 0 fully saturated rings. The predicted molar refractivity (Wildman–Crippen MR) is 91.2 cm³/mol. The summed E-state index contributed by atoms with van der Waals surface area (Å²) in [5.74, 6) is 0.610. The van der Waals surface area contributed by atoms with Crippen molar-refractivity contribution >= 4 is 12.0 Å². The van der Waals surface area contributed by atoms with Crippen LogP contribution < -0.4 is 10.1 Å². The van der Waals surface area contributed by atoms with Gasteiger partial charge in [-0.3, -0.25) is 4.79 Å². The number of hydrogen-bond acceptors (Lipinski definition) is 3. The van der Waals surface area contributed by atoms with Crippen LogP contribution in [0.2, 0.25) is 0 Å². The van der Waals surface area contributed by atoms with Gasteiger partial charge in [-0.25, -0.2) is 0 Å².